The smallest absolute Gasteiger partial charge is 0.319 e. The fourth-order valence-corrected chi connectivity index (χ4v) is 1.65. The number of carbonyl (C=O) groups is 2. The summed E-state index contributed by atoms with van der Waals surface area (Å²) < 4.78 is 0. The molecule has 6 heteroatoms. The van der Waals surface area contributed by atoms with Gasteiger partial charge in [0.2, 0.25) is 0 Å². The Balaban J connectivity index is 2.47. The molecule has 0 radical (unpaired) electrons. The average Bonchev–Trinajstić information content (AvgIpc) is 2.44. The molecule has 1 rings (SSSR count). The predicted molar refractivity (Wildman–Crippen MR) is 79.0 cm³/mol. The molecule has 0 heterocycles. The Hall–Kier alpha value is -2.55. The number of aliphatic carboxylic acids is 1. The SMILES string of the molecule is CC(C)(C#N)c1ccc(NC(=O)NCCCC(=O)O)cc1. The van der Waals surface area contributed by atoms with Crippen molar-refractivity contribution in [2.75, 3.05) is 11.9 Å². The maximum atomic E-state index is 11.6. The number of amides is 2. The summed E-state index contributed by atoms with van der Waals surface area (Å²) in [6.45, 7) is 3.95. The Morgan fingerprint density at radius 2 is 1.90 bits per heavy atom. The summed E-state index contributed by atoms with van der Waals surface area (Å²) in [6.07, 6.45) is 0.413. The number of hydrogen-bond acceptors (Lipinski definition) is 3. The van der Waals surface area contributed by atoms with E-state index in [1.54, 1.807) is 24.3 Å². The van der Waals surface area contributed by atoms with Crippen LogP contribution >= 0.6 is 0 Å². The van der Waals surface area contributed by atoms with Crippen LogP contribution in [0.5, 0.6) is 0 Å². The lowest BCUT2D eigenvalue weighted by molar-refractivity contribution is -0.137. The van der Waals surface area contributed by atoms with Crippen LogP contribution in [-0.4, -0.2) is 23.7 Å². The van der Waals surface area contributed by atoms with Gasteiger partial charge in [0.1, 0.15) is 0 Å². The van der Waals surface area contributed by atoms with Gasteiger partial charge in [-0.25, -0.2) is 4.79 Å². The average molecular weight is 289 g/mol. The number of carbonyl (C=O) groups excluding carboxylic acids is 1. The number of nitrogens with one attached hydrogen (secondary N) is 2. The van der Waals surface area contributed by atoms with Crippen LogP contribution in [0.4, 0.5) is 10.5 Å². The fraction of sp³-hybridized carbons (Fsp3) is 0.400. The zero-order chi connectivity index (χ0) is 15.9. The first-order valence-corrected chi connectivity index (χ1v) is 6.63. The molecule has 0 saturated heterocycles. The molecule has 0 atom stereocenters. The van der Waals surface area contributed by atoms with Gasteiger partial charge in [0.25, 0.3) is 0 Å². The zero-order valence-electron chi connectivity index (χ0n) is 12.1. The summed E-state index contributed by atoms with van der Waals surface area (Å²) in [5.74, 6) is -0.882. The second-order valence-electron chi connectivity index (χ2n) is 5.19. The lowest BCUT2D eigenvalue weighted by Crippen LogP contribution is -2.29. The molecule has 0 aliphatic carbocycles. The van der Waals surface area contributed by atoms with E-state index in [-0.39, 0.29) is 12.5 Å². The minimum Gasteiger partial charge on any atom is -0.481 e. The van der Waals surface area contributed by atoms with Crippen LogP contribution in [0, 0.1) is 11.3 Å². The number of rotatable bonds is 6. The number of urea groups is 1. The normalized spacial score (nSPS) is 10.5. The summed E-state index contributed by atoms with van der Waals surface area (Å²) in [6, 6.07) is 8.88. The first-order chi connectivity index (χ1) is 9.85. The van der Waals surface area contributed by atoms with E-state index in [0.717, 1.165) is 5.56 Å². The summed E-state index contributed by atoms with van der Waals surface area (Å²) in [5, 5.41) is 22.7. The van der Waals surface area contributed by atoms with Crippen LogP contribution in [-0.2, 0) is 10.2 Å². The van der Waals surface area contributed by atoms with Crippen molar-refractivity contribution in [2.24, 2.45) is 0 Å². The first-order valence-electron chi connectivity index (χ1n) is 6.63. The van der Waals surface area contributed by atoms with Gasteiger partial charge < -0.3 is 15.7 Å². The third-order valence-corrected chi connectivity index (χ3v) is 3.00. The van der Waals surface area contributed by atoms with Crippen molar-refractivity contribution >= 4 is 17.7 Å². The van der Waals surface area contributed by atoms with Crippen LogP contribution in [0.2, 0.25) is 0 Å². The highest BCUT2D eigenvalue weighted by Crippen LogP contribution is 2.23. The molecule has 112 valence electrons. The molecule has 0 aliphatic heterocycles. The quantitative estimate of drug-likeness (QED) is 0.700. The molecule has 21 heavy (non-hydrogen) atoms. The summed E-state index contributed by atoms with van der Waals surface area (Å²) in [7, 11) is 0. The standard InChI is InChI=1S/C15H19N3O3/c1-15(2,10-16)11-5-7-12(8-6-11)18-14(21)17-9-3-4-13(19)20/h5-8H,3-4,9H2,1-2H3,(H,19,20)(H2,17,18,21). The van der Waals surface area contributed by atoms with Crippen LogP contribution in [0.1, 0.15) is 32.3 Å². The summed E-state index contributed by atoms with van der Waals surface area (Å²) >= 11 is 0. The molecule has 0 spiro atoms. The van der Waals surface area contributed by atoms with Gasteiger partial charge in [0.15, 0.2) is 0 Å². The molecule has 0 fully saturated rings. The summed E-state index contributed by atoms with van der Waals surface area (Å²) in [5.41, 5.74) is 0.915. The van der Waals surface area contributed by atoms with E-state index in [0.29, 0.717) is 18.7 Å². The number of carboxylic acid groups (broad SMARTS) is 1. The second kappa shape index (κ2) is 7.29. The first kappa shape index (κ1) is 16.5. The Morgan fingerprint density at radius 1 is 1.29 bits per heavy atom. The van der Waals surface area contributed by atoms with Crippen molar-refractivity contribution in [1.82, 2.24) is 5.32 Å². The molecule has 6 nitrogen and oxygen atoms in total. The molecule has 1 aromatic carbocycles. The van der Waals surface area contributed by atoms with Crippen molar-refractivity contribution in [2.45, 2.75) is 32.1 Å². The maximum Gasteiger partial charge on any atom is 0.319 e. The lowest BCUT2D eigenvalue weighted by Gasteiger charge is -2.16. The second-order valence-corrected chi connectivity index (χ2v) is 5.19. The van der Waals surface area contributed by atoms with E-state index in [2.05, 4.69) is 16.7 Å². The van der Waals surface area contributed by atoms with Crippen molar-refractivity contribution < 1.29 is 14.7 Å². The number of hydrogen-bond donors (Lipinski definition) is 3. The van der Waals surface area contributed by atoms with E-state index < -0.39 is 11.4 Å². The van der Waals surface area contributed by atoms with Gasteiger partial charge in [-0.15, -0.1) is 0 Å². The number of carboxylic acids is 1. The van der Waals surface area contributed by atoms with E-state index >= 15 is 0 Å². The van der Waals surface area contributed by atoms with E-state index in [1.165, 1.54) is 0 Å². The minimum atomic E-state index is -0.882. The molecule has 0 bridgehead atoms. The number of benzene rings is 1. The van der Waals surface area contributed by atoms with E-state index in [9.17, 15) is 9.59 Å². The Labute approximate surface area is 123 Å². The van der Waals surface area contributed by atoms with Gasteiger partial charge in [0, 0.05) is 18.7 Å². The van der Waals surface area contributed by atoms with Crippen LogP contribution < -0.4 is 10.6 Å². The number of nitrogens with zero attached hydrogens (tertiary/aromatic N) is 1. The Kier molecular flexibility index (Phi) is 5.73. The third-order valence-electron chi connectivity index (χ3n) is 3.00. The molecule has 0 aromatic heterocycles. The molecular weight excluding hydrogens is 270 g/mol. The molecule has 0 unspecified atom stereocenters. The highest BCUT2D eigenvalue weighted by molar-refractivity contribution is 5.89. The Morgan fingerprint density at radius 3 is 2.43 bits per heavy atom. The highest BCUT2D eigenvalue weighted by Gasteiger charge is 2.19. The predicted octanol–water partition coefficient (Wildman–Crippen LogP) is 2.47. The lowest BCUT2D eigenvalue weighted by atomic mass is 9.86. The van der Waals surface area contributed by atoms with Crippen molar-refractivity contribution in [3.05, 3.63) is 29.8 Å². The van der Waals surface area contributed by atoms with Gasteiger partial charge in [-0.2, -0.15) is 5.26 Å². The number of anilines is 1. The van der Waals surface area contributed by atoms with Crippen molar-refractivity contribution in [1.29, 1.82) is 5.26 Å². The van der Waals surface area contributed by atoms with Crippen molar-refractivity contribution in [3.63, 3.8) is 0 Å². The zero-order valence-corrected chi connectivity index (χ0v) is 12.1. The third kappa shape index (κ3) is 5.53. The monoisotopic (exact) mass is 289 g/mol. The highest BCUT2D eigenvalue weighted by atomic mass is 16.4. The van der Waals surface area contributed by atoms with Crippen molar-refractivity contribution in [3.8, 4) is 6.07 Å². The minimum absolute atomic E-state index is 0.0260. The fourth-order valence-electron chi connectivity index (χ4n) is 1.65. The molecule has 2 amide bonds. The van der Waals surface area contributed by atoms with Gasteiger partial charge in [-0.3, -0.25) is 4.79 Å². The van der Waals surface area contributed by atoms with Gasteiger partial charge in [-0.05, 0) is 38.0 Å². The van der Waals surface area contributed by atoms with E-state index in [4.69, 9.17) is 10.4 Å². The molecule has 1 aromatic rings. The molecule has 0 aliphatic rings. The molecule has 0 saturated carbocycles. The van der Waals surface area contributed by atoms with Crippen LogP contribution in [0.25, 0.3) is 0 Å². The topological polar surface area (TPSA) is 102 Å². The van der Waals surface area contributed by atoms with Crippen LogP contribution in [0.3, 0.4) is 0 Å². The van der Waals surface area contributed by atoms with Gasteiger partial charge in [-0.1, -0.05) is 12.1 Å². The van der Waals surface area contributed by atoms with Crippen LogP contribution in [0.15, 0.2) is 24.3 Å². The maximum absolute atomic E-state index is 11.6. The molecule has 3 N–H and O–H groups in total. The van der Waals surface area contributed by atoms with Gasteiger partial charge >= 0.3 is 12.0 Å². The Bertz CT molecular complexity index is 544. The molecular formula is C15H19N3O3. The van der Waals surface area contributed by atoms with E-state index in [1.807, 2.05) is 13.8 Å². The number of nitriles is 1. The largest absolute Gasteiger partial charge is 0.481 e. The summed E-state index contributed by atoms with van der Waals surface area (Å²) in [4.78, 5) is 21.9. The van der Waals surface area contributed by atoms with Gasteiger partial charge in [0.05, 0.1) is 11.5 Å².